The molecule has 0 aromatic heterocycles. The Morgan fingerprint density at radius 2 is 1.66 bits per heavy atom. The molecule has 0 bridgehead atoms. The van der Waals surface area contributed by atoms with Crippen LogP contribution in [0, 0.1) is 6.92 Å². The molecular weight excluding hydrogens is 481 g/mol. The summed E-state index contributed by atoms with van der Waals surface area (Å²) < 4.78 is 66.9. The highest BCUT2D eigenvalue weighted by molar-refractivity contribution is 7.94. The van der Waals surface area contributed by atoms with Gasteiger partial charge in [-0.2, -0.15) is 13.2 Å². The number of aryl methyl sites for hydroxylation is 1. The fourth-order valence-electron chi connectivity index (χ4n) is 4.84. The number of fused-ring (bicyclic) bond motifs is 2. The van der Waals surface area contributed by atoms with Crippen LogP contribution in [0.3, 0.4) is 0 Å². The fraction of sp³-hybridized carbons (Fsp3) is 0.200. The molecule has 0 saturated carbocycles. The van der Waals surface area contributed by atoms with Gasteiger partial charge in [-0.05, 0) is 48.4 Å². The number of hydrogen-bond donors (Lipinski definition) is 0. The van der Waals surface area contributed by atoms with E-state index < -0.39 is 44.0 Å². The second kappa shape index (κ2) is 7.67. The Hall–Kier alpha value is -3.66. The molecule has 5 rings (SSSR count). The number of carbonyl (C=O) groups excluding carboxylic acids is 2. The van der Waals surface area contributed by atoms with Crippen molar-refractivity contribution in [2.75, 3.05) is 15.6 Å². The van der Waals surface area contributed by atoms with Gasteiger partial charge in [0.15, 0.2) is 9.84 Å². The van der Waals surface area contributed by atoms with Crippen LogP contribution < -0.4 is 9.80 Å². The number of para-hydroxylation sites is 1. The largest absolute Gasteiger partial charge is 0.416 e. The molecule has 0 radical (unpaired) electrons. The van der Waals surface area contributed by atoms with Crippen LogP contribution in [-0.2, 0) is 37.0 Å². The molecule has 2 aliphatic heterocycles. The number of alkyl halides is 3. The Bertz CT molecular complexity index is 1490. The van der Waals surface area contributed by atoms with E-state index in [1.54, 1.807) is 43.3 Å². The van der Waals surface area contributed by atoms with E-state index in [2.05, 4.69) is 0 Å². The summed E-state index contributed by atoms with van der Waals surface area (Å²) in [6.07, 6.45) is -4.58. The number of halogens is 3. The van der Waals surface area contributed by atoms with E-state index in [1.165, 1.54) is 24.3 Å². The second-order valence-corrected chi connectivity index (χ2v) is 10.7. The van der Waals surface area contributed by atoms with Crippen LogP contribution in [0.2, 0.25) is 0 Å². The molecule has 1 spiro atoms. The number of benzene rings is 3. The van der Waals surface area contributed by atoms with Gasteiger partial charge >= 0.3 is 6.18 Å². The summed E-state index contributed by atoms with van der Waals surface area (Å²) in [5.74, 6) is -2.51. The second-order valence-electron chi connectivity index (χ2n) is 8.58. The van der Waals surface area contributed by atoms with Crippen molar-refractivity contribution >= 4 is 33.0 Å². The third-order valence-corrected chi connectivity index (χ3v) is 8.38. The minimum Gasteiger partial charge on any atom is -0.304 e. The number of rotatable bonds is 3. The summed E-state index contributed by atoms with van der Waals surface area (Å²) in [6, 6.07) is 17.3. The van der Waals surface area contributed by atoms with Crippen molar-refractivity contribution in [1.82, 2.24) is 0 Å². The molecule has 0 aliphatic carbocycles. The average Bonchev–Trinajstić information content (AvgIpc) is 3.16. The van der Waals surface area contributed by atoms with Crippen LogP contribution in [0.1, 0.15) is 22.3 Å². The fourth-order valence-corrected chi connectivity index (χ4v) is 6.88. The van der Waals surface area contributed by atoms with Crippen molar-refractivity contribution in [2.24, 2.45) is 0 Å². The SMILES string of the molecule is Cc1cccc(N2C(=O)CS(=O)(=O)C23C(=O)N(Cc2cccc(C(F)(F)F)c2)c2ccccc23)c1. The lowest BCUT2D eigenvalue weighted by molar-refractivity contribution is -0.137. The summed E-state index contributed by atoms with van der Waals surface area (Å²) >= 11 is 0. The minimum atomic E-state index is -4.58. The maximum atomic E-state index is 14.0. The highest BCUT2D eigenvalue weighted by atomic mass is 32.2. The number of carbonyl (C=O) groups is 2. The lowest BCUT2D eigenvalue weighted by Gasteiger charge is -2.32. The van der Waals surface area contributed by atoms with Gasteiger partial charge in [0, 0.05) is 11.3 Å². The molecule has 1 saturated heterocycles. The molecule has 6 nitrogen and oxygen atoms in total. The first-order valence-electron chi connectivity index (χ1n) is 10.7. The predicted molar refractivity (Wildman–Crippen MR) is 123 cm³/mol. The summed E-state index contributed by atoms with van der Waals surface area (Å²) in [4.78, 5) is 26.9. The number of anilines is 2. The highest BCUT2D eigenvalue weighted by Crippen LogP contribution is 2.52. The molecule has 180 valence electrons. The molecule has 2 heterocycles. The van der Waals surface area contributed by atoms with Crippen molar-refractivity contribution in [1.29, 1.82) is 0 Å². The number of sulfone groups is 1. The lowest BCUT2D eigenvalue weighted by Crippen LogP contribution is -2.54. The van der Waals surface area contributed by atoms with E-state index >= 15 is 0 Å². The van der Waals surface area contributed by atoms with Gasteiger partial charge in [0.2, 0.25) is 5.91 Å². The zero-order valence-corrected chi connectivity index (χ0v) is 19.2. The molecule has 3 aromatic rings. The highest BCUT2D eigenvalue weighted by Gasteiger charge is 2.69. The smallest absolute Gasteiger partial charge is 0.304 e. The summed E-state index contributed by atoms with van der Waals surface area (Å²) in [6.45, 7) is 1.47. The van der Waals surface area contributed by atoms with E-state index in [-0.39, 0.29) is 29.0 Å². The van der Waals surface area contributed by atoms with Crippen LogP contribution in [0.5, 0.6) is 0 Å². The van der Waals surface area contributed by atoms with Crippen molar-refractivity contribution in [3.8, 4) is 0 Å². The monoisotopic (exact) mass is 500 g/mol. The van der Waals surface area contributed by atoms with E-state index in [4.69, 9.17) is 0 Å². The van der Waals surface area contributed by atoms with Gasteiger partial charge in [-0.25, -0.2) is 8.42 Å². The summed E-state index contributed by atoms with van der Waals surface area (Å²) in [5, 5.41) is 0. The minimum absolute atomic E-state index is 0.101. The molecule has 1 fully saturated rings. The van der Waals surface area contributed by atoms with Crippen LogP contribution in [0.25, 0.3) is 0 Å². The molecule has 2 aliphatic rings. The standard InChI is InChI=1S/C25H19F3N2O4S/c1-16-6-4-9-19(12-16)30-22(31)15-35(33,34)24(30)20-10-2-3-11-21(20)29(23(24)32)14-17-7-5-8-18(13-17)25(26,27)28/h2-13H,14-15H2,1H3. The maximum Gasteiger partial charge on any atom is 0.416 e. The average molecular weight is 500 g/mol. The van der Waals surface area contributed by atoms with E-state index in [9.17, 15) is 31.2 Å². The van der Waals surface area contributed by atoms with Crippen molar-refractivity contribution < 1.29 is 31.2 Å². The van der Waals surface area contributed by atoms with Gasteiger partial charge in [-0.1, -0.05) is 42.5 Å². The molecule has 1 unspecified atom stereocenters. The number of nitrogens with zero attached hydrogens (tertiary/aromatic N) is 2. The van der Waals surface area contributed by atoms with E-state index in [1.807, 2.05) is 0 Å². The topological polar surface area (TPSA) is 74.8 Å². The Kier molecular flexibility index (Phi) is 5.06. The molecular formula is C25H19F3N2O4S. The Labute approximate surface area is 199 Å². The van der Waals surface area contributed by atoms with Gasteiger partial charge in [0.1, 0.15) is 5.75 Å². The molecule has 35 heavy (non-hydrogen) atoms. The van der Waals surface area contributed by atoms with E-state index in [0.717, 1.165) is 27.5 Å². The van der Waals surface area contributed by atoms with Crippen molar-refractivity contribution in [3.63, 3.8) is 0 Å². The van der Waals surface area contributed by atoms with Gasteiger partial charge in [0.25, 0.3) is 10.8 Å². The Balaban J connectivity index is 1.69. The van der Waals surface area contributed by atoms with Crippen molar-refractivity contribution in [3.05, 3.63) is 95.1 Å². The van der Waals surface area contributed by atoms with Crippen molar-refractivity contribution in [2.45, 2.75) is 24.5 Å². The first-order chi connectivity index (χ1) is 16.5. The van der Waals surface area contributed by atoms with Crippen LogP contribution in [0.15, 0.2) is 72.8 Å². The quantitative estimate of drug-likeness (QED) is 0.541. The molecule has 0 N–H and O–H groups in total. The predicted octanol–water partition coefficient (Wildman–Crippen LogP) is 4.18. The Morgan fingerprint density at radius 1 is 0.943 bits per heavy atom. The van der Waals surface area contributed by atoms with Gasteiger partial charge in [0.05, 0.1) is 17.8 Å². The van der Waals surface area contributed by atoms with E-state index in [0.29, 0.717) is 0 Å². The first-order valence-corrected chi connectivity index (χ1v) is 12.3. The van der Waals surface area contributed by atoms with Crippen LogP contribution in [0.4, 0.5) is 24.5 Å². The van der Waals surface area contributed by atoms with Crippen LogP contribution >= 0.6 is 0 Å². The maximum absolute atomic E-state index is 14.0. The molecule has 10 heteroatoms. The lowest BCUT2D eigenvalue weighted by atomic mass is 10.0. The summed E-state index contributed by atoms with van der Waals surface area (Å²) in [7, 11) is -4.36. The molecule has 3 aromatic carbocycles. The van der Waals surface area contributed by atoms with Gasteiger partial charge in [-0.3, -0.25) is 14.5 Å². The van der Waals surface area contributed by atoms with Gasteiger partial charge < -0.3 is 4.90 Å². The number of hydrogen-bond acceptors (Lipinski definition) is 4. The molecule has 1 atom stereocenters. The van der Waals surface area contributed by atoms with Crippen LogP contribution in [-0.4, -0.2) is 26.0 Å². The zero-order chi connectivity index (χ0) is 25.2. The first kappa shape index (κ1) is 23.1. The van der Waals surface area contributed by atoms with Gasteiger partial charge in [-0.15, -0.1) is 0 Å². The number of amides is 2. The third kappa shape index (κ3) is 3.35. The molecule has 2 amide bonds. The summed E-state index contributed by atoms with van der Waals surface area (Å²) in [5.41, 5.74) is 0.628. The Morgan fingerprint density at radius 3 is 2.37 bits per heavy atom. The zero-order valence-electron chi connectivity index (χ0n) is 18.4. The third-order valence-electron chi connectivity index (χ3n) is 6.28. The normalized spacial score (nSPS) is 21.1.